The molecule has 4 aromatic rings. The van der Waals surface area contributed by atoms with Gasteiger partial charge in [-0.05, 0) is 41.5 Å². The highest BCUT2D eigenvalue weighted by Gasteiger charge is 2.20. The number of rotatable bonds is 4. The second kappa shape index (κ2) is 7.22. The highest BCUT2D eigenvalue weighted by molar-refractivity contribution is 6.37. The molecule has 4 heteroatoms. The van der Waals surface area contributed by atoms with Crippen LogP contribution in [0.3, 0.4) is 0 Å². The van der Waals surface area contributed by atoms with Gasteiger partial charge < -0.3 is 4.57 Å². The monoisotopic (exact) mass is 393 g/mol. The Labute approximate surface area is 168 Å². The third kappa shape index (κ3) is 3.27. The number of hydrogen-bond donors (Lipinski definition) is 0. The molecule has 0 radical (unpaired) electrons. The molecule has 0 aliphatic rings. The van der Waals surface area contributed by atoms with Crippen LogP contribution in [0.5, 0.6) is 0 Å². The van der Waals surface area contributed by atoms with Crippen LogP contribution in [-0.4, -0.2) is 10.4 Å². The molecule has 0 fully saturated rings. The Balaban J connectivity index is 1.92. The average Bonchev–Trinajstić information content (AvgIpc) is 3.11. The number of halogens is 2. The van der Waals surface area contributed by atoms with E-state index in [9.17, 15) is 4.79 Å². The lowest BCUT2D eigenvalue weighted by Crippen LogP contribution is -2.03. The fraction of sp³-hybridized carbons (Fsp3) is 0.0870. The number of aryl methyl sites for hydroxylation is 1. The molecule has 0 amide bonds. The van der Waals surface area contributed by atoms with E-state index in [0.717, 1.165) is 28.4 Å². The number of aromatic nitrogens is 1. The zero-order chi connectivity index (χ0) is 19.0. The maximum Gasteiger partial charge on any atom is 0.196 e. The van der Waals surface area contributed by atoms with Crippen LogP contribution in [0.25, 0.3) is 21.9 Å². The topological polar surface area (TPSA) is 22.0 Å². The minimum absolute atomic E-state index is 0.105. The fourth-order valence-corrected chi connectivity index (χ4v) is 3.86. The van der Waals surface area contributed by atoms with Gasteiger partial charge in [-0.2, -0.15) is 0 Å². The summed E-state index contributed by atoms with van der Waals surface area (Å²) in [7, 11) is 0. The summed E-state index contributed by atoms with van der Waals surface area (Å²) in [4.78, 5) is 13.3. The van der Waals surface area contributed by atoms with E-state index in [0.29, 0.717) is 21.2 Å². The van der Waals surface area contributed by atoms with Crippen molar-refractivity contribution in [3.63, 3.8) is 0 Å². The quantitative estimate of drug-likeness (QED) is 0.346. The van der Waals surface area contributed by atoms with Crippen molar-refractivity contribution < 1.29 is 4.79 Å². The molecule has 3 aromatic carbocycles. The van der Waals surface area contributed by atoms with Crippen molar-refractivity contribution in [3.05, 3.63) is 94.2 Å². The van der Waals surface area contributed by atoms with Gasteiger partial charge in [-0.1, -0.05) is 65.7 Å². The minimum Gasteiger partial charge on any atom is -0.353 e. The van der Waals surface area contributed by atoms with Gasteiger partial charge in [0.05, 0.1) is 5.02 Å². The molecule has 1 heterocycles. The van der Waals surface area contributed by atoms with E-state index in [1.165, 1.54) is 0 Å². The Morgan fingerprint density at radius 3 is 2.44 bits per heavy atom. The first-order valence-corrected chi connectivity index (χ1v) is 9.51. The Morgan fingerprint density at radius 2 is 1.67 bits per heavy atom. The molecule has 134 valence electrons. The second-order valence-corrected chi connectivity index (χ2v) is 7.24. The first-order chi connectivity index (χ1) is 13.1. The average molecular weight is 394 g/mol. The van der Waals surface area contributed by atoms with Gasteiger partial charge in [-0.15, -0.1) is 0 Å². The van der Waals surface area contributed by atoms with Crippen LogP contribution in [0.4, 0.5) is 0 Å². The maximum absolute atomic E-state index is 13.3. The number of fused-ring (bicyclic) bond motifs is 1. The number of carbonyl (C=O) groups excluding carboxylic acids is 1. The number of nitrogens with zero attached hydrogens (tertiary/aromatic N) is 1. The third-order valence-electron chi connectivity index (χ3n) is 4.75. The number of hydrogen-bond acceptors (Lipinski definition) is 1. The molecular formula is C23H17Cl2NO. The zero-order valence-electron chi connectivity index (χ0n) is 14.7. The van der Waals surface area contributed by atoms with Crippen molar-refractivity contribution in [2.45, 2.75) is 13.5 Å². The summed E-state index contributed by atoms with van der Waals surface area (Å²) < 4.78 is 2.02. The van der Waals surface area contributed by atoms with Crippen molar-refractivity contribution >= 4 is 39.8 Å². The van der Waals surface area contributed by atoms with E-state index >= 15 is 0 Å². The molecule has 1 aromatic heterocycles. The molecule has 2 nitrogen and oxygen atoms in total. The van der Waals surface area contributed by atoms with Gasteiger partial charge in [0.25, 0.3) is 0 Å². The lowest BCUT2D eigenvalue weighted by molar-refractivity contribution is 0.103. The van der Waals surface area contributed by atoms with Crippen molar-refractivity contribution in [1.29, 1.82) is 0 Å². The normalized spacial score (nSPS) is 11.1. The van der Waals surface area contributed by atoms with Gasteiger partial charge in [-0.25, -0.2) is 0 Å². The van der Waals surface area contributed by atoms with Crippen molar-refractivity contribution in [2.75, 3.05) is 0 Å². The Bertz CT molecular complexity index is 1150. The summed E-state index contributed by atoms with van der Waals surface area (Å²) in [5.41, 5.74) is 3.03. The van der Waals surface area contributed by atoms with E-state index in [1.54, 1.807) is 18.2 Å². The Hall–Kier alpha value is -2.55. The lowest BCUT2D eigenvalue weighted by Gasteiger charge is -2.09. The van der Waals surface area contributed by atoms with Gasteiger partial charge in [0.15, 0.2) is 5.78 Å². The SMILES string of the molecule is CCn1cc(C(=O)c2ccc(Cl)cc2Cl)c(-c2cccc3ccccc23)c1. The van der Waals surface area contributed by atoms with Crippen LogP contribution in [0.15, 0.2) is 73.1 Å². The number of benzene rings is 3. The summed E-state index contributed by atoms with van der Waals surface area (Å²) in [6.45, 7) is 2.83. The van der Waals surface area contributed by atoms with Gasteiger partial charge in [0, 0.05) is 40.7 Å². The van der Waals surface area contributed by atoms with Crippen molar-refractivity contribution in [1.82, 2.24) is 4.57 Å². The lowest BCUT2D eigenvalue weighted by atomic mass is 9.94. The molecule has 0 saturated heterocycles. The molecule has 27 heavy (non-hydrogen) atoms. The standard InChI is InChI=1S/C23H17Cl2NO/c1-2-26-13-20(18-9-5-7-15-6-3-4-8-17(15)18)21(14-26)23(27)19-11-10-16(24)12-22(19)25/h3-14H,2H2,1H3. The molecule has 0 spiro atoms. The molecule has 0 aliphatic carbocycles. The first kappa shape index (κ1) is 17.8. The Morgan fingerprint density at radius 1 is 0.889 bits per heavy atom. The highest BCUT2D eigenvalue weighted by Crippen LogP contribution is 2.34. The molecule has 0 N–H and O–H groups in total. The van der Waals surface area contributed by atoms with E-state index in [1.807, 2.05) is 35.2 Å². The molecule has 0 aliphatic heterocycles. The van der Waals surface area contributed by atoms with Crippen molar-refractivity contribution in [2.24, 2.45) is 0 Å². The molecule has 4 rings (SSSR count). The van der Waals surface area contributed by atoms with Crippen LogP contribution >= 0.6 is 23.2 Å². The van der Waals surface area contributed by atoms with E-state index in [2.05, 4.69) is 31.2 Å². The summed E-state index contributed by atoms with van der Waals surface area (Å²) in [6, 6.07) is 19.3. The van der Waals surface area contributed by atoms with Gasteiger partial charge in [0.2, 0.25) is 0 Å². The Kier molecular flexibility index (Phi) is 4.77. The fourth-order valence-electron chi connectivity index (χ4n) is 3.37. The molecule has 0 saturated carbocycles. The number of ketones is 1. The second-order valence-electron chi connectivity index (χ2n) is 6.40. The maximum atomic E-state index is 13.3. The van der Waals surface area contributed by atoms with E-state index in [4.69, 9.17) is 23.2 Å². The highest BCUT2D eigenvalue weighted by atomic mass is 35.5. The van der Waals surface area contributed by atoms with Crippen LogP contribution in [-0.2, 0) is 6.54 Å². The zero-order valence-corrected chi connectivity index (χ0v) is 16.3. The third-order valence-corrected chi connectivity index (χ3v) is 5.29. The van der Waals surface area contributed by atoms with Crippen LogP contribution in [0, 0.1) is 0 Å². The predicted octanol–water partition coefficient (Wildman–Crippen LogP) is 6.87. The van der Waals surface area contributed by atoms with Crippen molar-refractivity contribution in [3.8, 4) is 11.1 Å². The van der Waals surface area contributed by atoms with E-state index < -0.39 is 0 Å². The number of carbonyl (C=O) groups is 1. The largest absolute Gasteiger partial charge is 0.353 e. The minimum atomic E-state index is -0.105. The summed E-state index contributed by atoms with van der Waals surface area (Å²) >= 11 is 12.3. The first-order valence-electron chi connectivity index (χ1n) is 8.76. The molecule has 0 unspecified atom stereocenters. The summed E-state index contributed by atoms with van der Waals surface area (Å²) in [5.74, 6) is -0.105. The van der Waals surface area contributed by atoms with Gasteiger partial charge in [0.1, 0.15) is 0 Å². The van der Waals surface area contributed by atoms with Crippen LogP contribution in [0.2, 0.25) is 10.0 Å². The van der Waals surface area contributed by atoms with Crippen LogP contribution < -0.4 is 0 Å². The predicted molar refractivity (Wildman–Crippen MR) is 113 cm³/mol. The smallest absolute Gasteiger partial charge is 0.196 e. The summed E-state index contributed by atoms with van der Waals surface area (Å²) in [6.07, 6.45) is 3.92. The van der Waals surface area contributed by atoms with E-state index in [-0.39, 0.29) is 5.78 Å². The van der Waals surface area contributed by atoms with Crippen LogP contribution in [0.1, 0.15) is 22.8 Å². The molecule has 0 bridgehead atoms. The summed E-state index contributed by atoms with van der Waals surface area (Å²) in [5, 5.41) is 3.13. The molecule has 0 atom stereocenters. The van der Waals surface area contributed by atoms with Gasteiger partial charge >= 0.3 is 0 Å². The molecular weight excluding hydrogens is 377 g/mol. The van der Waals surface area contributed by atoms with Gasteiger partial charge in [-0.3, -0.25) is 4.79 Å².